The Hall–Kier alpha value is -0.460. The molecule has 0 aromatic carbocycles. The van der Waals surface area contributed by atoms with E-state index in [1.807, 2.05) is 0 Å². The van der Waals surface area contributed by atoms with Crippen LogP contribution in [0.1, 0.15) is 98.3 Å². The van der Waals surface area contributed by atoms with Crippen LogP contribution in [0.15, 0.2) is 11.6 Å². The number of aliphatic hydroxyl groups excluding tert-OH is 1. The van der Waals surface area contributed by atoms with Crippen molar-refractivity contribution in [2.45, 2.75) is 110 Å². The molecule has 0 amide bonds. The molecular formula is C29H54N4O. The summed E-state index contributed by atoms with van der Waals surface area (Å²) in [6, 6.07) is 0. The molecule has 9 atom stereocenters. The molecule has 4 aliphatic carbocycles. The molecule has 8 N–H and O–H groups in total. The Balaban J connectivity index is 1.31. The second kappa shape index (κ2) is 10.1. The van der Waals surface area contributed by atoms with Gasteiger partial charge in [0, 0.05) is 6.54 Å². The predicted octanol–water partition coefficient (Wildman–Crippen LogP) is 4.49. The van der Waals surface area contributed by atoms with Gasteiger partial charge >= 0.3 is 0 Å². The first-order valence-electron chi connectivity index (χ1n) is 14.4. The number of aliphatic hydroxyl groups is 1. The van der Waals surface area contributed by atoms with E-state index >= 15 is 0 Å². The number of fused-ring (bicyclic) bond motifs is 5. The van der Waals surface area contributed by atoms with Crippen LogP contribution in [0.25, 0.3) is 0 Å². The summed E-state index contributed by atoms with van der Waals surface area (Å²) in [5.41, 5.74) is 19.5. The highest BCUT2D eigenvalue weighted by atomic mass is 16.3. The van der Waals surface area contributed by atoms with Crippen LogP contribution in [0.4, 0.5) is 0 Å². The maximum Gasteiger partial charge on any atom is 0.128 e. The van der Waals surface area contributed by atoms with Crippen molar-refractivity contribution in [1.29, 1.82) is 0 Å². The summed E-state index contributed by atoms with van der Waals surface area (Å²) in [5.74, 6) is 3.80. The molecule has 4 aliphatic rings. The van der Waals surface area contributed by atoms with Crippen molar-refractivity contribution in [3.63, 3.8) is 0 Å². The molecule has 0 aliphatic heterocycles. The second-order valence-electron chi connectivity index (χ2n) is 13.6. The van der Waals surface area contributed by atoms with Crippen LogP contribution in [-0.2, 0) is 0 Å². The number of nitrogens with two attached hydrogens (primary N) is 3. The molecule has 3 fully saturated rings. The Morgan fingerprint density at radius 3 is 2.56 bits per heavy atom. The molecular weight excluding hydrogens is 420 g/mol. The quantitative estimate of drug-likeness (QED) is 0.250. The van der Waals surface area contributed by atoms with Gasteiger partial charge in [-0.3, -0.25) is 0 Å². The van der Waals surface area contributed by atoms with Crippen LogP contribution in [0.2, 0.25) is 0 Å². The molecule has 5 heteroatoms. The molecule has 0 radical (unpaired) electrons. The highest BCUT2D eigenvalue weighted by molar-refractivity contribution is 5.25. The lowest BCUT2D eigenvalue weighted by Gasteiger charge is -2.58. The highest BCUT2D eigenvalue weighted by Gasteiger charge is 2.59. The van der Waals surface area contributed by atoms with Gasteiger partial charge in [0.05, 0.1) is 6.10 Å². The zero-order chi connectivity index (χ0) is 24.7. The van der Waals surface area contributed by atoms with Crippen molar-refractivity contribution in [3.8, 4) is 0 Å². The van der Waals surface area contributed by atoms with Gasteiger partial charge < -0.3 is 27.6 Å². The molecule has 34 heavy (non-hydrogen) atoms. The summed E-state index contributed by atoms with van der Waals surface area (Å²) in [6.07, 6.45) is 16.5. The predicted molar refractivity (Wildman–Crippen MR) is 142 cm³/mol. The van der Waals surface area contributed by atoms with Gasteiger partial charge in [-0.25, -0.2) is 0 Å². The third-order valence-corrected chi connectivity index (χ3v) is 11.1. The highest BCUT2D eigenvalue weighted by Crippen LogP contribution is 2.67. The van der Waals surface area contributed by atoms with Crippen molar-refractivity contribution < 1.29 is 5.11 Å². The summed E-state index contributed by atoms with van der Waals surface area (Å²) < 4.78 is 0. The molecule has 4 rings (SSSR count). The third kappa shape index (κ3) is 5.29. The fourth-order valence-corrected chi connectivity index (χ4v) is 9.24. The fraction of sp³-hybridized carbons (Fsp3) is 0.931. The third-order valence-electron chi connectivity index (χ3n) is 11.1. The van der Waals surface area contributed by atoms with E-state index in [4.69, 9.17) is 17.2 Å². The molecule has 196 valence electrons. The molecule has 5 nitrogen and oxygen atoms in total. The van der Waals surface area contributed by atoms with Gasteiger partial charge in [-0.05, 0) is 111 Å². The van der Waals surface area contributed by atoms with Crippen LogP contribution in [0.5, 0.6) is 0 Å². The van der Waals surface area contributed by atoms with Crippen LogP contribution < -0.4 is 22.5 Å². The molecule has 0 bridgehead atoms. The van der Waals surface area contributed by atoms with Gasteiger partial charge in [0.15, 0.2) is 0 Å². The van der Waals surface area contributed by atoms with E-state index in [0.717, 1.165) is 49.0 Å². The van der Waals surface area contributed by atoms with Gasteiger partial charge in [-0.1, -0.05) is 52.2 Å². The van der Waals surface area contributed by atoms with Gasteiger partial charge in [0.1, 0.15) is 5.79 Å². The molecule has 0 saturated heterocycles. The summed E-state index contributed by atoms with van der Waals surface area (Å²) >= 11 is 0. The van der Waals surface area contributed by atoms with E-state index in [9.17, 15) is 5.11 Å². The van der Waals surface area contributed by atoms with Crippen molar-refractivity contribution in [1.82, 2.24) is 5.32 Å². The summed E-state index contributed by atoms with van der Waals surface area (Å²) in [7, 11) is 0. The first kappa shape index (κ1) is 26.6. The zero-order valence-electron chi connectivity index (χ0n) is 22.5. The Morgan fingerprint density at radius 2 is 1.82 bits per heavy atom. The van der Waals surface area contributed by atoms with Gasteiger partial charge in [-0.15, -0.1) is 0 Å². The molecule has 0 aromatic heterocycles. The lowest BCUT2D eigenvalue weighted by atomic mass is 9.47. The maximum atomic E-state index is 10.3. The largest absolute Gasteiger partial charge is 0.393 e. The number of hydrogen-bond acceptors (Lipinski definition) is 5. The smallest absolute Gasteiger partial charge is 0.128 e. The van der Waals surface area contributed by atoms with E-state index in [0.29, 0.717) is 23.3 Å². The number of rotatable bonds is 9. The Morgan fingerprint density at radius 1 is 1.06 bits per heavy atom. The minimum absolute atomic E-state index is 0.101. The average molecular weight is 475 g/mol. The second-order valence-corrected chi connectivity index (χ2v) is 13.6. The van der Waals surface area contributed by atoms with Crippen LogP contribution >= 0.6 is 0 Å². The molecule has 1 unspecified atom stereocenters. The minimum atomic E-state index is -1.12. The maximum absolute atomic E-state index is 10.3. The lowest BCUT2D eigenvalue weighted by molar-refractivity contribution is -0.0573. The number of hydrogen-bond donors (Lipinski definition) is 5. The van der Waals surface area contributed by atoms with E-state index in [1.54, 1.807) is 5.57 Å². The number of nitrogens with one attached hydrogen (secondary N) is 1. The Kier molecular flexibility index (Phi) is 7.92. The van der Waals surface area contributed by atoms with Crippen LogP contribution in [-0.4, -0.2) is 30.1 Å². The Labute approximate surface area is 209 Å². The van der Waals surface area contributed by atoms with Crippen molar-refractivity contribution >= 4 is 0 Å². The van der Waals surface area contributed by atoms with Crippen molar-refractivity contribution in [2.75, 3.05) is 13.1 Å². The van der Waals surface area contributed by atoms with Gasteiger partial charge in [0.2, 0.25) is 0 Å². The zero-order valence-corrected chi connectivity index (χ0v) is 22.5. The van der Waals surface area contributed by atoms with Crippen molar-refractivity contribution in [3.05, 3.63) is 11.6 Å². The topological polar surface area (TPSA) is 110 Å². The summed E-state index contributed by atoms with van der Waals surface area (Å²) in [5, 5.41) is 13.6. The van der Waals surface area contributed by atoms with E-state index in [2.05, 4.69) is 39.1 Å². The standard InChI is InChI=1S/C29H54N4O/c1-19(17-33-18-29(30,31)32)6-5-7-20(2)24-10-11-25-23-9-8-21-16-22(34)12-14-27(21,3)26(23)13-15-28(24,25)4/h8,19-20,22-26,33-34H,5-7,9-18,30-32H2,1-4H3/t19?,20-,22+,23+,24-,25+,26+,27+,28-/m1/s1. The molecule has 0 heterocycles. The van der Waals surface area contributed by atoms with Gasteiger partial charge in [0.25, 0.3) is 0 Å². The first-order valence-corrected chi connectivity index (χ1v) is 14.4. The number of allylic oxidation sites excluding steroid dienone is 1. The molecule has 0 aromatic rings. The van der Waals surface area contributed by atoms with Crippen molar-refractivity contribution in [2.24, 2.45) is 63.5 Å². The SMILES string of the molecule is CC(CCC[C@@H](C)[C@H]1CC[C@H]2[C@@H]3CC=C4C[C@@H](O)CC[C@]4(C)[C@H]3CC[C@]12C)CNCC(N)(N)N. The fourth-order valence-electron chi connectivity index (χ4n) is 9.24. The Bertz CT molecular complexity index is 732. The van der Waals surface area contributed by atoms with Crippen LogP contribution in [0, 0.1) is 46.3 Å². The summed E-state index contributed by atoms with van der Waals surface area (Å²) in [4.78, 5) is 0. The van der Waals surface area contributed by atoms with E-state index < -0.39 is 5.79 Å². The normalized spacial score (nSPS) is 41.8. The average Bonchev–Trinajstić information content (AvgIpc) is 3.10. The van der Waals surface area contributed by atoms with E-state index in [1.165, 1.54) is 57.8 Å². The first-order chi connectivity index (χ1) is 15.9. The molecule has 3 saturated carbocycles. The van der Waals surface area contributed by atoms with Gasteiger partial charge in [-0.2, -0.15) is 0 Å². The minimum Gasteiger partial charge on any atom is -0.393 e. The lowest BCUT2D eigenvalue weighted by Crippen LogP contribution is -2.64. The van der Waals surface area contributed by atoms with Crippen LogP contribution in [0.3, 0.4) is 0 Å². The molecule has 0 spiro atoms. The monoisotopic (exact) mass is 474 g/mol. The van der Waals surface area contributed by atoms with E-state index in [-0.39, 0.29) is 6.10 Å². The summed E-state index contributed by atoms with van der Waals surface area (Å²) in [6.45, 7) is 11.4.